The molecule has 1 aromatic heterocycles. The summed E-state index contributed by atoms with van der Waals surface area (Å²) in [5.74, 6) is 1.89. The Morgan fingerprint density at radius 2 is 2.08 bits per heavy atom. The minimum Gasteiger partial charge on any atom is -0.493 e. The van der Waals surface area contributed by atoms with Gasteiger partial charge in [0.05, 0.1) is 12.3 Å². The van der Waals surface area contributed by atoms with Gasteiger partial charge in [0, 0.05) is 19.0 Å². The quantitative estimate of drug-likeness (QED) is 0.830. The molecule has 0 saturated carbocycles. The smallest absolute Gasteiger partial charge is 0.259 e. The molecule has 0 bridgehead atoms. The van der Waals surface area contributed by atoms with Gasteiger partial charge in [0.15, 0.2) is 0 Å². The Labute approximate surface area is 148 Å². The zero-order valence-corrected chi connectivity index (χ0v) is 15.2. The molecule has 25 heavy (non-hydrogen) atoms. The first kappa shape index (κ1) is 17.5. The minimum atomic E-state index is 0.0376. The number of nitrogens with zero attached hydrogens (tertiary/aromatic N) is 2. The van der Waals surface area contributed by atoms with Crippen LogP contribution >= 0.6 is 0 Å². The van der Waals surface area contributed by atoms with Gasteiger partial charge in [-0.1, -0.05) is 29.8 Å². The first-order chi connectivity index (χ1) is 12.1. The van der Waals surface area contributed by atoms with Crippen molar-refractivity contribution in [2.75, 3.05) is 19.7 Å². The third-order valence-corrected chi connectivity index (χ3v) is 4.80. The van der Waals surface area contributed by atoms with Gasteiger partial charge in [0.1, 0.15) is 17.1 Å². The van der Waals surface area contributed by atoms with E-state index in [4.69, 9.17) is 9.26 Å². The number of carbonyl (C=O) groups is 1. The maximum absolute atomic E-state index is 12.9. The lowest BCUT2D eigenvalue weighted by Gasteiger charge is -2.32. The van der Waals surface area contributed by atoms with Crippen molar-refractivity contribution >= 4 is 5.91 Å². The van der Waals surface area contributed by atoms with Gasteiger partial charge in [0.25, 0.3) is 5.91 Å². The first-order valence-corrected chi connectivity index (χ1v) is 9.02. The first-order valence-electron chi connectivity index (χ1n) is 9.02. The number of hydrogen-bond acceptors (Lipinski definition) is 4. The van der Waals surface area contributed by atoms with Crippen LogP contribution in [0.4, 0.5) is 0 Å². The van der Waals surface area contributed by atoms with Crippen molar-refractivity contribution in [3.63, 3.8) is 0 Å². The molecule has 0 radical (unpaired) electrons. The Morgan fingerprint density at radius 1 is 1.32 bits per heavy atom. The van der Waals surface area contributed by atoms with Crippen LogP contribution in [0.1, 0.15) is 47.1 Å². The standard InChI is InChI=1S/C20H26N2O3/c1-4-18-19(15(3)25-21-18)20(23)22-11-5-6-16(12-22)13-24-17-9-7-14(2)8-10-17/h7-10,16H,4-6,11-13H2,1-3H3. The van der Waals surface area contributed by atoms with Gasteiger partial charge in [-0.25, -0.2) is 0 Å². The van der Waals surface area contributed by atoms with Crippen molar-refractivity contribution in [3.8, 4) is 5.75 Å². The highest BCUT2D eigenvalue weighted by atomic mass is 16.5. The molecule has 1 fully saturated rings. The lowest BCUT2D eigenvalue weighted by molar-refractivity contribution is 0.0630. The average molecular weight is 342 g/mol. The molecule has 5 heteroatoms. The molecule has 5 nitrogen and oxygen atoms in total. The van der Waals surface area contributed by atoms with E-state index in [-0.39, 0.29) is 5.91 Å². The fourth-order valence-electron chi connectivity index (χ4n) is 3.33. The predicted molar refractivity (Wildman–Crippen MR) is 95.9 cm³/mol. The van der Waals surface area contributed by atoms with Gasteiger partial charge >= 0.3 is 0 Å². The number of aromatic nitrogens is 1. The van der Waals surface area contributed by atoms with Crippen LogP contribution in [0.25, 0.3) is 0 Å². The Kier molecular flexibility index (Phi) is 5.41. The van der Waals surface area contributed by atoms with Crippen LogP contribution in [0.3, 0.4) is 0 Å². The summed E-state index contributed by atoms with van der Waals surface area (Å²) in [4.78, 5) is 14.8. The van der Waals surface area contributed by atoms with E-state index in [0.29, 0.717) is 30.3 Å². The predicted octanol–water partition coefficient (Wildman–Crippen LogP) is 3.79. The Morgan fingerprint density at radius 3 is 2.80 bits per heavy atom. The molecule has 1 atom stereocenters. The molecule has 1 aliphatic heterocycles. The summed E-state index contributed by atoms with van der Waals surface area (Å²) in [5, 5.41) is 4.01. The molecule has 1 saturated heterocycles. The van der Waals surface area contributed by atoms with Gasteiger partial charge in [-0.05, 0) is 45.2 Å². The Bertz CT molecular complexity index is 721. The molecule has 0 aliphatic carbocycles. The number of benzene rings is 1. The van der Waals surface area contributed by atoms with Crippen LogP contribution in [0, 0.1) is 19.8 Å². The maximum atomic E-state index is 12.9. The number of rotatable bonds is 5. The third kappa shape index (κ3) is 4.03. The normalized spacial score (nSPS) is 17.6. The number of ether oxygens (including phenoxy) is 1. The molecule has 0 spiro atoms. The zero-order chi connectivity index (χ0) is 17.8. The molecular formula is C20H26N2O3. The maximum Gasteiger partial charge on any atom is 0.259 e. The molecule has 2 heterocycles. The minimum absolute atomic E-state index is 0.0376. The lowest BCUT2D eigenvalue weighted by Crippen LogP contribution is -2.42. The van der Waals surface area contributed by atoms with Crippen molar-refractivity contribution in [2.24, 2.45) is 5.92 Å². The summed E-state index contributed by atoms with van der Waals surface area (Å²) in [7, 11) is 0. The number of likely N-dealkylation sites (tertiary alicyclic amines) is 1. The van der Waals surface area contributed by atoms with Crippen LogP contribution in [0.2, 0.25) is 0 Å². The van der Waals surface area contributed by atoms with Crippen LogP contribution in [-0.4, -0.2) is 35.7 Å². The number of carbonyl (C=O) groups excluding carboxylic acids is 1. The summed E-state index contributed by atoms with van der Waals surface area (Å²) in [6, 6.07) is 8.09. The van der Waals surface area contributed by atoms with E-state index in [1.807, 2.05) is 36.1 Å². The summed E-state index contributed by atoms with van der Waals surface area (Å²) in [6.07, 6.45) is 2.78. The summed E-state index contributed by atoms with van der Waals surface area (Å²) < 4.78 is 11.1. The van der Waals surface area contributed by atoms with E-state index in [9.17, 15) is 4.79 Å². The summed E-state index contributed by atoms with van der Waals surface area (Å²) in [6.45, 7) is 8.00. The van der Waals surface area contributed by atoms with E-state index in [1.165, 1.54) is 5.56 Å². The molecule has 3 rings (SSSR count). The largest absolute Gasteiger partial charge is 0.493 e. The number of aryl methyl sites for hydroxylation is 3. The van der Waals surface area contributed by atoms with Crippen molar-refractivity contribution in [3.05, 3.63) is 46.8 Å². The van der Waals surface area contributed by atoms with Crippen LogP contribution < -0.4 is 4.74 Å². The van der Waals surface area contributed by atoms with E-state index < -0.39 is 0 Å². The Balaban J connectivity index is 1.61. The van der Waals surface area contributed by atoms with Crippen LogP contribution in [0.5, 0.6) is 5.75 Å². The highest BCUT2D eigenvalue weighted by Gasteiger charge is 2.29. The van der Waals surface area contributed by atoms with Crippen molar-refractivity contribution in [1.29, 1.82) is 0 Å². The molecule has 1 amide bonds. The molecule has 2 aromatic rings. The van der Waals surface area contributed by atoms with E-state index in [0.717, 1.165) is 37.4 Å². The van der Waals surface area contributed by atoms with Gasteiger partial charge in [-0.3, -0.25) is 4.79 Å². The second kappa shape index (κ2) is 7.72. The monoisotopic (exact) mass is 342 g/mol. The van der Waals surface area contributed by atoms with Crippen LogP contribution in [0.15, 0.2) is 28.8 Å². The summed E-state index contributed by atoms with van der Waals surface area (Å²) >= 11 is 0. The Hall–Kier alpha value is -2.30. The number of hydrogen-bond donors (Lipinski definition) is 0. The molecular weight excluding hydrogens is 316 g/mol. The van der Waals surface area contributed by atoms with E-state index in [1.54, 1.807) is 6.92 Å². The van der Waals surface area contributed by atoms with Gasteiger partial charge in [-0.15, -0.1) is 0 Å². The average Bonchev–Trinajstić information content (AvgIpc) is 3.01. The van der Waals surface area contributed by atoms with Crippen molar-refractivity contribution in [2.45, 2.75) is 40.0 Å². The molecule has 134 valence electrons. The fourth-order valence-corrected chi connectivity index (χ4v) is 3.33. The SMILES string of the molecule is CCc1noc(C)c1C(=O)N1CCCC(COc2ccc(C)cc2)C1. The van der Waals surface area contributed by atoms with E-state index >= 15 is 0 Å². The van der Waals surface area contributed by atoms with Gasteiger partial charge in [0.2, 0.25) is 0 Å². The zero-order valence-electron chi connectivity index (χ0n) is 15.2. The second-order valence-corrected chi connectivity index (χ2v) is 6.80. The summed E-state index contributed by atoms with van der Waals surface area (Å²) in [5.41, 5.74) is 2.61. The van der Waals surface area contributed by atoms with Crippen molar-refractivity contribution in [1.82, 2.24) is 10.1 Å². The lowest BCUT2D eigenvalue weighted by atomic mass is 9.98. The van der Waals surface area contributed by atoms with Gasteiger partial charge < -0.3 is 14.2 Å². The number of piperidine rings is 1. The third-order valence-electron chi connectivity index (χ3n) is 4.80. The molecule has 1 aliphatic rings. The molecule has 0 N–H and O–H groups in total. The fraction of sp³-hybridized carbons (Fsp3) is 0.500. The highest BCUT2D eigenvalue weighted by Crippen LogP contribution is 2.23. The van der Waals surface area contributed by atoms with Crippen LogP contribution in [-0.2, 0) is 6.42 Å². The second-order valence-electron chi connectivity index (χ2n) is 6.80. The topological polar surface area (TPSA) is 55.6 Å². The molecule has 1 unspecified atom stereocenters. The van der Waals surface area contributed by atoms with Crippen molar-refractivity contribution < 1.29 is 14.1 Å². The number of amides is 1. The van der Waals surface area contributed by atoms with Gasteiger partial charge in [-0.2, -0.15) is 0 Å². The molecule has 1 aromatic carbocycles. The highest BCUT2D eigenvalue weighted by molar-refractivity contribution is 5.96. The van der Waals surface area contributed by atoms with E-state index in [2.05, 4.69) is 12.1 Å².